The highest BCUT2D eigenvalue weighted by atomic mass is 17.8. The van der Waals surface area contributed by atoms with Gasteiger partial charge in [0, 0.05) is 23.4 Å². The lowest BCUT2D eigenvalue weighted by atomic mass is 10.0. The number of carbonyl (C=O) groups is 2. The maximum absolute atomic E-state index is 11.6. The third kappa shape index (κ3) is 58.0. The van der Waals surface area contributed by atoms with Crippen LogP contribution in [0.5, 0.6) is 0 Å². The lowest BCUT2D eigenvalue weighted by molar-refractivity contribution is -0.700. The first kappa shape index (κ1) is 48.0. The molecule has 0 aliphatic carbocycles. The molecule has 0 atom stereocenters. The van der Waals surface area contributed by atoms with Gasteiger partial charge in [0.25, 0.3) is 0 Å². The van der Waals surface area contributed by atoms with Gasteiger partial charge >= 0.3 is 11.9 Å². The first-order valence-electron chi connectivity index (χ1n) is 14.4. The van der Waals surface area contributed by atoms with E-state index >= 15 is 0 Å². The van der Waals surface area contributed by atoms with Crippen LogP contribution in [0.25, 0.3) is 0 Å². The summed E-state index contributed by atoms with van der Waals surface area (Å²) in [4.78, 5) is 30.9. The number of ether oxygens (including phenoxy) is 2. The van der Waals surface area contributed by atoms with Gasteiger partial charge in [-0.15, -0.1) is 52.6 Å². The summed E-state index contributed by atoms with van der Waals surface area (Å²) in [5.74, 6) is -0.770. The normalized spacial score (nSPS) is 9.32. The third-order valence-electron chi connectivity index (χ3n) is 4.91. The monoisotopic (exact) mass is 588 g/mol. The summed E-state index contributed by atoms with van der Waals surface area (Å²) in [6, 6.07) is 0. The van der Waals surface area contributed by atoms with E-state index < -0.39 is 5.97 Å². The molecule has 0 aliphatic rings. The first-order valence-corrected chi connectivity index (χ1v) is 14.4. The fourth-order valence-electron chi connectivity index (χ4n) is 3.15. The van der Waals surface area contributed by atoms with Gasteiger partial charge in [-0.05, 0) is 11.5 Å². The lowest BCUT2D eigenvalue weighted by Crippen LogP contribution is -2.08. The van der Waals surface area contributed by atoms with Gasteiger partial charge in [0.05, 0.1) is 0 Å². The van der Waals surface area contributed by atoms with Crippen molar-refractivity contribution in [1.82, 2.24) is 0 Å². The third-order valence-corrected chi connectivity index (χ3v) is 4.91. The number of unbranched alkanes of at least 4 members (excludes halogenated alkanes) is 14. The SMILES string of the molecule is C=C.C=C.C=C.C=C.CCCCCCCCCCCCCCCCCC(=O)O/C=C/OOOOOCCOC(C)=O. The molecule has 0 aromatic carbocycles. The zero-order valence-electron chi connectivity index (χ0n) is 26.2. The Hall–Kier alpha value is -2.72. The van der Waals surface area contributed by atoms with Gasteiger partial charge in [0.15, 0.2) is 6.26 Å². The predicted octanol–water partition coefficient (Wildman–Crippen LogP) is 9.78. The Balaban J connectivity index is -0.000000492. The minimum absolute atomic E-state index is 0.00869. The molecule has 9 nitrogen and oxygen atoms in total. The zero-order chi connectivity index (χ0) is 32.2. The molecule has 0 amide bonds. The average Bonchev–Trinajstić information content (AvgIpc) is 3.01. The van der Waals surface area contributed by atoms with Crippen LogP contribution in [0.2, 0.25) is 0 Å². The van der Waals surface area contributed by atoms with Gasteiger partial charge in [-0.25, -0.2) is 4.89 Å². The van der Waals surface area contributed by atoms with Gasteiger partial charge in [0.2, 0.25) is 0 Å². The largest absolute Gasteiger partial charge is 0.463 e. The summed E-state index contributed by atoms with van der Waals surface area (Å²) in [7, 11) is 0. The van der Waals surface area contributed by atoms with Crippen LogP contribution in [0.15, 0.2) is 65.2 Å². The summed E-state index contributed by atoms with van der Waals surface area (Å²) >= 11 is 0. The molecule has 242 valence electrons. The Morgan fingerprint density at radius 3 is 1.44 bits per heavy atom. The molecule has 0 radical (unpaired) electrons. The molecule has 0 N–H and O–H groups in total. The number of rotatable bonds is 25. The standard InChI is InChI=1S/C24H44O9.4C2H4/c1-3-4-5-6-7-8-9-10-11-12-13-14-15-16-17-18-24(26)28-20-22-30-32-33-31-29-21-19-27-23(2)25;4*1-2/h20,22H,3-19,21H2,1-2H3;4*1-2H2/b22-20+;;;;. The van der Waals surface area contributed by atoms with E-state index in [1.54, 1.807) is 0 Å². The summed E-state index contributed by atoms with van der Waals surface area (Å²) in [5, 5.41) is 12.2. The molecule has 0 saturated heterocycles. The second kappa shape index (κ2) is 53.5. The summed E-state index contributed by atoms with van der Waals surface area (Å²) < 4.78 is 9.42. The minimum Gasteiger partial charge on any atom is -0.463 e. The Kier molecular flexibility index (Phi) is 62.7. The van der Waals surface area contributed by atoms with Crippen molar-refractivity contribution in [2.24, 2.45) is 0 Å². The van der Waals surface area contributed by atoms with Crippen molar-refractivity contribution in [3.8, 4) is 0 Å². The van der Waals surface area contributed by atoms with E-state index in [1.807, 2.05) is 0 Å². The van der Waals surface area contributed by atoms with E-state index in [1.165, 1.54) is 84.0 Å². The molecule has 0 fully saturated rings. The van der Waals surface area contributed by atoms with Crippen molar-refractivity contribution in [3.05, 3.63) is 65.2 Å². The Labute approximate surface area is 250 Å². The molecule has 0 rings (SSSR count). The van der Waals surface area contributed by atoms with Gasteiger partial charge in [-0.3, -0.25) is 9.59 Å². The summed E-state index contributed by atoms with van der Waals surface area (Å²) in [5.41, 5.74) is 0. The van der Waals surface area contributed by atoms with Gasteiger partial charge < -0.3 is 14.4 Å². The van der Waals surface area contributed by atoms with E-state index in [0.29, 0.717) is 6.42 Å². The number of carbonyl (C=O) groups excluding carboxylic acids is 2. The summed E-state index contributed by atoms with van der Waals surface area (Å²) in [6.07, 6.45) is 21.6. The van der Waals surface area contributed by atoms with Crippen molar-refractivity contribution in [2.45, 2.75) is 117 Å². The number of esters is 2. The highest BCUT2D eigenvalue weighted by Gasteiger charge is 2.01. The maximum atomic E-state index is 11.6. The van der Waals surface area contributed by atoms with Crippen LogP contribution in [-0.2, 0) is 44.0 Å². The van der Waals surface area contributed by atoms with Crippen molar-refractivity contribution in [3.63, 3.8) is 0 Å². The predicted molar refractivity (Wildman–Crippen MR) is 167 cm³/mol. The second-order valence-corrected chi connectivity index (χ2v) is 7.92. The highest BCUT2D eigenvalue weighted by Crippen LogP contribution is 2.13. The van der Waals surface area contributed by atoms with Crippen molar-refractivity contribution in [1.29, 1.82) is 0 Å². The second-order valence-electron chi connectivity index (χ2n) is 7.92. The van der Waals surface area contributed by atoms with Crippen LogP contribution in [-0.4, -0.2) is 25.2 Å². The van der Waals surface area contributed by atoms with Crippen LogP contribution in [0.1, 0.15) is 117 Å². The number of hydrogen-bond donors (Lipinski definition) is 0. The zero-order valence-corrected chi connectivity index (χ0v) is 26.2. The maximum Gasteiger partial charge on any atom is 0.310 e. The molecule has 0 aliphatic heterocycles. The molecule has 0 saturated carbocycles. The van der Waals surface area contributed by atoms with Crippen LogP contribution in [0.3, 0.4) is 0 Å². The topological polar surface area (TPSA) is 98.8 Å². The molecular weight excluding hydrogens is 528 g/mol. The van der Waals surface area contributed by atoms with E-state index in [-0.39, 0.29) is 19.2 Å². The molecule has 0 aromatic rings. The molecule has 0 aromatic heterocycles. The van der Waals surface area contributed by atoms with Crippen LogP contribution in [0.4, 0.5) is 0 Å². The minimum atomic E-state index is -0.432. The van der Waals surface area contributed by atoms with Gasteiger partial charge in [-0.2, -0.15) is 0 Å². The average molecular weight is 589 g/mol. The quantitative estimate of drug-likeness (QED) is 0.0257. The lowest BCUT2D eigenvalue weighted by Gasteiger charge is -2.03. The van der Waals surface area contributed by atoms with Gasteiger partial charge in [0.1, 0.15) is 19.5 Å². The molecule has 0 unspecified atom stereocenters. The number of hydrogen-bond acceptors (Lipinski definition) is 9. The first-order chi connectivity index (χ1) is 20.2. The van der Waals surface area contributed by atoms with E-state index in [9.17, 15) is 9.59 Å². The highest BCUT2D eigenvalue weighted by molar-refractivity contribution is 5.69. The van der Waals surface area contributed by atoms with Gasteiger partial charge in [-0.1, -0.05) is 96.8 Å². The van der Waals surface area contributed by atoms with Crippen LogP contribution in [0, 0.1) is 0 Å². The molecule has 41 heavy (non-hydrogen) atoms. The summed E-state index contributed by atoms with van der Waals surface area (Å²) in [6.45, 7) is 27.5. The smallest absolute Gasteiger partial charge is 0.310 e. The molecular formula is C32H60O9. The van der Waals surface area contributed by atoms with Crippen LogP contribution >= 0.6 is 0 Å². The Morgan fingerprint density at radius 2 is 1.00 bits per heavy atom. The van der Waals surface area contributed by atoms with Crippen molar-refractivity contribution >= 4 is 11.9 Å². The Bertz CT molecular complexity index is 519. The molecule has 0 heterocycles. The van der Waals surface area contributed by atoms with Crippen molar-refractivity contribution in [2.75, 3.05) is 13.2 Å². The fourth-order valence-corrected chi connectivity index (χ4v) is 3.15. The van der Waals surface area contributed by atoms with Crippen molar-refractivity contribution < 1.29 is 44.0 Å². The molecule has 0 bridgehead atoms. The fraction of sp³-hybridized carbons (Fsp3) is 0.625. The van der Waals surface area contributed by atoms with Crippen LogP contribution < -0.4 is 0 Å². The Morgan fingerprint density at radius 1 is 0.561 bits per heavy atom. The van der Waals surface area contributed by atoms with E-state index in [4.69, 9.17) is 4.74 Å². The van der Waals surface area contributed by atoms with E-state index in [0.717, 1.165) is 31.8 Å². The van der Waals surface area contributed by atoms with E-state index in [2.05, 4.69) is 89.2 Å². The molecule has 9 heteroatoms. The molecule has 0 spiro atoms.